The molecule has 0 spiro atoms. The molecule has 0 atom stereocenters. The summed E-state index contributed by atoms with van der Waals surface area (Å²) in [6, 6.07) is 4.89. The lowest BCUT2D eigenvalue weighted by Gasteiger charge is -2.03. The van der Waals surface area contributed by atoms with Gasteiger partial charge in [-0.05, 0) is 19.1 Å². The maximum atomic E-state index is 13.9. The smallest absolute Gasteiger partial charge is 0.133 e. The molecule has 0 aliphatic heterocycles. The predicted molar refractivity (Wildman–Crippen MR) is 69.0 cm³/mol. The zero-order valence-electron chi connectivity index (χ0n) is 9.54. The van der Waals surface area contributed by atoms with E-state index in [1.807, 2.05) is 6.07 Å². The van der Waals surface area contributed by atoms with Crippen LogP contribution in [0.15, 0.2) is 30.6 Å². The molecule has 18 heavy (non-hydrogen) atoms. The van der Waals surface area contributed by atoms with Gasteiger partial charge in [-0.15, -0.1) is 0 Å². The van der Waals surface area contributed by atoms with Crippen molar-refractivity contribution in [1.29, 1.82) is 0 Å². The Hall–Kier alpha value is -1.94. The average Bonchev–Trinajstić information content (AvgIpc) is 2.77. The second-order valence-electron chi connectivity index (χ2n) is 3.98. The van der Waals surface area contributed by atoms with Crippen molar-refractivity contribution in [3.05, 3.63) is 47.3 Å². The minimum absolute atomic E-state index is 0.295. The van der Waals surface area contributed by atoms with Gasteiger partial charge in [-0.3, -0.25) is 0 Å². The first kappa shape index (κ1) is 11.2. The maximum Gasteiger partial charge on any atom is 0.133 e. The number of halogens is 2. The number of nitrogens with zero attached hydrogens (tertiary/aromatic N) is 2. The highest BCUT2D eigenvalue weighted by atomic mass is 35.5. The Morgan fingerprint density at radius 3 is 3.00 bits per heavy atom. The molecule has 2 aromatic heterocycles. The van der Waals surface area contributed by atoms with Crippen molar-refractivity contribution in [2.75, 3.05) is 0 Å². The van der Waals surface area contributed by atoms with Gasteiger partial charge in [0.15, 0.2) is 0 Å². The van der Waals surface area contributed by atoms with E-state index in [1.54, 1.807) is 19.2 Å². The van der Waals surface area contributed by atoms with Crippen molar-refractivity contribution in [2.45, 2.75) is 6.92 Å². The van der Waals surface area contributed by atoms with Gasteiger partial charge >= 0.3 is 0 Å². The molecule has 0 radical (unpaired) electrons. The summed E-state index contributed by atoms with van der Waals surface area (Å²) in [5, 5.41) is 0.905. The van der Waals surface area contributed by atoms with E-state index in [0.717, 1.165) is 5.52 Å². The van der Waals surface area contributed by atoms with Gasteiger partial charge in [0.25, 0.3) is 0 Å². The summed E-state index contributed by atoms with van der Waals surface area (Å²) in [4.78, 5) is 11.3. The van der Waals surface area contributed by atoms with E-state index in [1.165, 1.54) is 12.3 Å². The van der Waals surface area contributed by atoms with E-state index < -0.39 is 0 Å². The highest BCUT2D eigenvalue weighted by Gasteiger charge is 2.14. The largest absolute Gasteiger partial charge is 0.360 e. The molecule has 0 saturated heterocycles. The van der Waals surface area contributed by atoms with Gasteiger partial charge in [-0.2, -0.15) is 0 Å². The van der Waals surface area contributed by atoms with Gasteiger partial charge in [-0.1, -0.05) is 17.7 Å². The lowest BCUT2D eigenvalue weighted by Crippen LogP contribution is -1.91. The van der Waals surface area contributed by atoms with Gasteiger partial charge in [0, 0.05) is 28.9 Å². The lowest BCUT2D eigenvalue weighted by molar-refractivity contribution is 0.640. The highest BCUT2D eigenvalue weighted by molar-refractivity contribution is 6.33. The fourth-order valence-corrected chi connectivity index (χ4v) is 2.16. The van der Waals surface area contributed by atoms with Gasteiger partial charge in [-0.25, -0.2) is 14.4 Å². The van der Waals surface area contributed by atoms with Crippen LogP contribution in [0.4, 0.5) is 4.39 Å². The number of hydrogen-bond acceptors (Lipinski definition) is 2. The Morgan fingerprint density at radius 1 is 1.33 bits per heavy atom. The topological polar surface area (TPSA) is 41.6 Å². The first-order valence-electron chi connectivity index (χ1n) is 5.42. The summed E-state index contributed by atoms with van der Waals surface area (Å²) in [6.07, 6.45) is 3.24. The molecule has 0 unspecified atom stereocenters. The number of nitrogens with one attached hydrogen (secondary N) is 1. The maximum absolute atomic E-state index is 13.9. The molecular formula is C13H9ClFN3. The Bertz CT molecular complexity index is 736. The molecule has 90 valence electrons. The third-order valence-electron chi connectivity index (χ3n) is 2.77. The van der Waals surface area contributed by atoms with Crippen molar-refractivity contribution < 1.29 is 4.39 Å². The second-order valence-corrected chi connectivity index (χ2v) is 4.39. The fourth-order valence-electron chi connectivity index (χ4n) is 1.97. The summed E-state index contributed by atoms with van der Waals surface area (Å²) in [5.41, 5.74) is 1.91. The molecule has 0 aliphatic carbocycles. The number of fused-ring (bicyclic) bond motifs is 1. The molecule has 0 amide bonds. The molecule has 1 aromatic carbocycles. The van der Waals surface area contributed by atoms with E-state index in [-0.39, 0.29) is 5.82 Å². The number of hydrogen-bond donors (Lipinski definition) is 1. The molecule has 3 aromatic rings. The molecule has 2 heterocycles. The number of aromatic nitrogens is 3. The van der Waals surface area contributed by atoms with Crippen LogP contribution < -0.4 is 0 Å². The third-order valence-corrected chi connectivity index (χ3v) is 3.05. The number of benzene rings is 1. The molecule has 0 fully saturated rings. The summed E-state index contributed by atoms with van der Waals surface area (Å²) < 4.78 is 13.9. The Kier molecular flexibility index (Phi) is 2.52. The average molecular weight is 262 g/mol. The molecule has 0 aliphatic rings. The van der Waals surface area contributed by atoms with E-state index in [9.17, 15) is 4.39 Å². The van der Waals surface area contributed by atoms with Crippen LogP contribution in [0.5, 0.6) is 0 Å². The van der Waals surface area contributed by atoms with Crippen LogP contribution in [0.3, 0.4) is 0 Å². The summed E-state index contributed by atoms with van der Waals surface area (Å²) in [5.74, 6) is 0.302. The van der Waals surface area contributed by atoms with E-state index >= 15 is 0 Å². The standard InChI is InChI=1S/C13H9ClFN3/c1-7-16-6-9(14)13(18-7)8-5-17-11-4-2-3-10(15)12(8)11/h2-6,17H,1H3. The molecule has 0 bridgehead atoms. The number of H-pyrrole nitrogens is 1. The van der Waals surface area contributed by atoms with Crippen molar-refractivity contribution in [1.82, 2.24) is 15.0 Å². The first-order chi connectivity index (χ1) is 8.66. The highest BCUT2D eigenvalue weighted by Crippen LogP contribution is 2.33. The summed E-state index contributed by atoms with van der Waals surface area (Å²) in [6.45, 7) is 1.77. The molecule has 3 rings (SSSR count). The predicted octanol–water partition coefficient (Wildman–Crippen LogP) is 3.73. The Labute approximate surface area is 108 Å². The van der Waals surface area contributed by atoms with Crippen molar-refractivity contribution in [3.63, 3.8) is 0 Å². The van der Waals surface area contributed by atoms with Crippen LogP contribution in [-0.4, -0.2) is 15.0 Å². The second kappa shape index (κ2) is 4.07. The summed E-state index contributed by atoms with van der Waals surface area (Å²) >= 11 is 6.08. The zero-order chi connectivity index (χ0) is 12.7. The van der Waals surface area contributed by atoms with E-state index in [4.69, 9.17) is 11.6 Å². The van der Waals surface area contributed by atoms with Gasteiger partial charge in [0.2, 0.25) is 0 Å². The number of aromatic amines is 1. The molecule has 3 nitrogen and oxygen atoms in total. The third kappa shape index (κ3) is 1.66. The van der Waals surface area contributed by atoms with Gasteiger partial charge in [0.05, 0.1) is 10.7 Å². The zero-order valence-corrected chi connectivity index (χ0v) is 10.3. The lowest BCUT2D eigenvalue weighted by atomic mass is 10.1. The molecular weight excluding hydrogens is 253 g/mol. The first-order valence-corrected chi connectivity index (χ1v) is 5.79. The fraction of sp³-hybridized carbons (Fsp3) is 0.0769. The van der Waals surface area contributed by atoms with Crippen LogP contribution in [0.1, 0.15) is 5.82 Å². The Balaban J connectivity index is 2.35. The van der Waals surface area contributed by atoms with Crippen molar-refractivity contribution in [2.24, 2.45) is 0 Å². The normalized spacial score (nSPS) is 11.1. The quantitative estimate of drug-likeness (QED) is 0.725. The SMILES string of the molecule is Cc1ncc(Cl)c(-c2c[nH]c3cccc(F)c23)n1. The molecule has 5 heteroatoms. The monoisotopic (exact) mass is 261 g/mol. The van der Waals surface area contributed by atoms with Crippen LogP contribution in [-0.2, 0) is 0 Å². The van der Waals surface area contributed by atoms with Crippen LogP contribution in [0.25, 0.3) is 22.2 Å². The van der Waals surface area contributed by atoms with Gasteiger partial charge < -0.3 is 4.98 Å². The van der Waals surface area contributed by atoms with Gasteiger partial charge in [0.1, 0.15) is 11.6 Å². The van der Waals surface area contributed by atoms with Crippen molar-refractivity contribution >= 4 is 22.5 Å². The minimum Gasteiger partial charge on any atom is -0.360 e. The molecule has 0 saturated carbocycles. The van der Waals surface area contributed by atoms with Crippen LogP contribution in [0.2, 0.25) is 5.02 Å². The molecule has 1 N–H and O–H groups in total. The number of rotatable bonds is 1. The Morgan fingerprint density at radius 2 is 2.17 bits per heavy atom. The van der Waals surface area contributed by atoms with E-state index in [2.05, 4.69) is 15.0 Å². The van der Waals surface area contributed by atoms with Crippen LogP contribution >= 0.6 is 11.6 Å². The van der Waals surface area contributed by atoms with Crippen molar-refractivity contribution in [3.8, 4) is 11.3 Å². The number of aryl methyl sites for hydroxylation is 1. The summed E-state index contributed by atoms with van der Waals surface area (Å²) in [7, 11) is 0. The van der Waals surface area contributed by atoms with E-state index in [0.29, 0.717) is 27.5 Å². The van der Waals surface area contributed by atoms with Crippen LogP contribution in [0, 0.1) is 12.7 Å². The minimum atomic E-state index is -0.295.